The smallest absolute Gasteiger partial charge is 0.411 e. The van der Waals surface area contributed by atoms with Crippen LogP contribution < -0.4 is 4.74 Å². The molecule has 0 aliphatic rings. The number of hydrogen-bond acceptors (Lipinski definition) is 3. The monoisotopic (exact) mass is 276 g/mol. The van der Waals surface area contributed by atoms with Crippen molar-refractivity contribution in [2.75, 3.05) is 20.3 Å². The lowest BCUT2D eigenvalue weighted by atomic mass is 10.1. The molecule has 3 nitrogen and oxygen atoms in total. The molecule has 0 saturated heterocycles. The first kappa shape index (κ1) is 15.5. The Labute approximate surface area is 109 Å². The fraction of sp³-hybridized carbons (Fsp3) is 0.462. The van der Waals surface area contributed by atoms with Gasteiger partial charge in [-0.05, 0) is 30.7 Å². The summed E-state index contributed by atoms with van der Waals surface area (Å²) in [6, 6.07) is 4.88. The van der Waals surface area contributed by atoms with E-state index in [1.807, 2.05) is 0 Å². The van der Waals surface area contributed by atoms with E-state index in [4.69, 9.17) is 4.74 Å². The first-order valence-electron chi connectivity index (χ1n) is 5.66. The van der Waals surface area contributed by atoms with Crippen molar-refractivity contribution in [3.63, 3.8) is 0 Å². The van der Waals surface area contributed by atoms with E-state index in [0.717, 1.165) is 5.56 Å². The van der Waals surface area contributed by atoms with Crippen LogP contribution in [0.3, 0.4) is 0 Å². The number of ether oxygens (including phenoxy) is 2. The van der Waals surface area contributed by atoms with Crippen molar-refractivity contribution in [1.82, 2.24) is 0 Å². The Morgan fingerprint density at radius 3 is 2.53 bits per heavy atom. The molecular weight excluding hydrogens is 261 g/mol. The number of aryl methyl sites for hydroxylation is 1. The fourth-order valence-corrected chi connectivity index (χ4v) is 1.55. The molecule has 0 amide bonds. The molecule has 0 unspecified atom stereocenters. The van der Waals surface area contributed by atoms with Crippen molar-refractivity contribution in [3.8, 4) is 5.75 Å². The molecule has 0 N–H and O–H groups in total. The van der Waals surface area contributed by atoms with E-state index in [1.54, 1.807) is 25.1 Å². The second kappa shape index (κ2) is 6.56. The number of hydrogen-bond donors (Lipinski definition) is 0. The summed E-state index contributed by atoms with van der Waals surface area (Å²) < 4.78 is 44.9. The number of halogens is 3. The SMILES string of the molecule is COc1ccc(C(=O)CCOCC(F)(F)F)cc1C. The van der Waals surface area contributed by atoms with Crippen LogP contribution in [0.4, 0.5) is 13.2 Å². The minimum absolute atomic E-state index is 0.0815. The maximum Gasteiger partial charge on any atom is 0.411 e. The third kappa shape index (κ3) is 5.30. The first-order valence-corrected chi connectivity index (χ1v) is 5.66. The molecule has 0 atom stereocenters. The summed E-state index contributed by atoms with van der Waals surface area (Å²) in [6.07, 6.45) is -4.44. The predicted octanol–water partition coefficient (Wildman–Crippen LogP) is 3.16. The summed E-state index contributed by atoms with van der Waals surface area (Å²) in [5, 5.41) is 0. The lowest BCUT2D eigenvalue weighted by molar-refractivity contribution is -0.173. The van der Waals surface area contributed by atoms with E-state index in [2.05, 4.69) is 4.74 Å². The lowest BCUT2D eigenvalue weighted by Crippen LogP contribution is -2.18. The predicted molar refractivity (Wildman–Crippen MR) is 63.6 cm³/mol. The van der Waals surface area contributed by atoms with E-state index < -0.39 is 12.8 Å². The van der Waals surface area contributed by atoms with Crippen LogP contribution >= 0.6 is 0 Å². The van der Waals surface area contributed by atoms with Gasteiger partial charge in [-0.2, -0.15) is 13.2 Å². The van der Waals surface area contributed by atoms with Gasteiger partial charge in [0.15, 0.2) is 5.78 Å². The second-order valence-corrected chi connectivity index (χ2v) is 4.03. The van der Waals surface area contributed by atoms with Gasteiger partial charge in [0.2, 0.25) is 0 Å². The van der Waals surface area contributed by atoms with Gasteiger partial charge in [-0.3, -0.25) is 4.79 Å². The molecule has 0 aromatic heterocycles. The molecule has 0 saturated carbocycles. The number of rotatable bonds is 6. The zero-order chi connectivity index (χ0) is 14.5. The summed E-state index contributed by atoms with van der Waals surface area (Å²) in [5.74, 6) is 0.401. The number of Topliss-reactive ketones (excluding diaryl/α,β-unsaturated/α-hetero) is 1. The molecule has 0 radical (unpaired) electrons. The average Bonchev–Trinajstić information content (AvgIpc) is 2.33. The van der Waals surface area contributed by atoms with Gasteiger partial charge in [0.05, 0.1) is 13.7 Å². The quantitative estimate of drug-likeness (QED) is 0.591. The first-order chi connectivity index (χ1) is 8.83. The van der Waals surface area contributed by atoms with Gasteiger partial charge in [-0.1, -0.05) is 0 Å². The summed E-state index contributed by atoms with van der Waals surface area (Å²) in [7, 11) is 1.52. The topological polar surface area (TPSA) is 35.5 Å². The zero-order valence-electron chi connectivity index (χ0n) is 10.7. The van der Waals surface area contributed by atoms with Crippen molar-refractivity contribution in [3.05, 3.63) is 29.3 Å². The van der Waals surface area contributed by atoms with Crippen LogP contribution in [0.5, 0.6) is 5.75 Å². The third-order valence-electron chi connectivity index (χ3n) is 2.46. The maximum absolute atomic E-state index is 11.8. The summed E-state index contributed by atoms with van der Waals surface area (Å²) >= 11 is 0. The molecule has 0 spiro atoms. The lowest BCUT2D eigenvalue weighted by Gasteiger charge is -2.08. The number of ketones is 1. The molecular formula is C13H15F3O3. The van der Waals surface area contributed by atoms with Crippen LogP contribution in [-0.4, -0.2) is 32.3 Å². The Balaban J connectivity index is 2.48. The number of alkyl halides is 3. The van der Waals surface area contributed by atoms with Gasteiger partial charge in [-0.25, -0.2) is 0 Å². The second-order valence-electron chi connectivity index (χ2n) is 4.03. The third-order valence-corrected chi connectivity index (χ3v) is 2.46. The molecule has 0 aliphatic carbocycles. The Bertz CT molecular complexity index is 441. The van der Waals surface area contributed by atoms with Crippen molar-refractivity contribution in [2.45, 2.75) is 19.5 Å². The summed E-state index contributed by atoms with van der Waals surface area (Å²) in [5.41, 5.74) is 1.23. The van der Waals surface area contributed by atoms with Crippen molar-refractivity contribution in [2.24, 2.45) is 0 Å². The maximum atomic E-state index is 11.8. The number of benzene rings is 1. The zero-order valence-corrected chi connectivity index (χ0v) is 10.7. The average molecular weight is 276 g/mol. The van der Waals surface area contributed by atoms with E-state index >= 15 is 0 Å². The van der Waals surface area contributed by atoms with Crippen molar-refractivity contribution >= 4 is 5.78 Å². The summed E-state index contributed by atoms with van der Waals surface area (Å²) in [4.78, 5) is 11.7. The van der Waals surface area contributed by atoms with Gasteiger partial charge in [-0.15, -0.1) is 0 Å². The normalized spacial score (nSPS) is 11.4. The van der Waals surface area contributed by atoms with Crippen LogP contribution in [0.2, 0.25) is 0 Å². The van der Waals surface area contributed by atoms with Gasteiger partial charge in [0, 0.05) is 12.0 Å². The largest absolute Gasteiger partial charge is 0.496 e. The molecule has 6 heteroatoms. The highest BCUT2D eigenvalue weighted by molar-refractivity contribution is 5.96. The van der Waals surface area contributed by atoms with Crippen LogP contribution in [0.1, 0.15) is 22.3 Å². The van der Waals surface area contributed by atoms with E-state index in [9.17, 15) is 18.0 Å². The highest BCUT2D eigenvalue weighted by Crippen LogP contribution is 2.19. The Hall–Kier alpha value is -1.56. The number of carbonyl (C=O) groups excluding carboxylic acids is 1. The Morgan fingerprint density at radius 2 is 2.00 bits per heavy atom. The van der Waals surface area contributed by atoms with E-state index in [1.165, 1.54) is 7.11 Å². The molecule has 1 aromatic rings. The molecule has 0 bridgehead atoms. The van der Waals surface area contributed by atoms with Crippen molar-refractivity contribution in [1.29, 1.82) is 0 Å². The molecule has 1 aromatic carbocycles. The minimum atomic E-state index is -4.36. The van der Waals surface area contributed by atoms with Crippen LogP contribution in [0.15, 0.2) is 18.2 Å². The highest BCUT2D eigenvalue weighted by Gasteiger charge is 2.27. The van der Waals surface area contributed by atoms with Crippen molar-refractivity contribution < 1.29 is 27.4 Å². The van der Waals surface area contributed by atoms with E-state index in [0.29, 0.717) is 11.3 Å². The fourth-order valence-electron chi connectivity index (χ4n) is 1.55. The Kier molecular flexibility index (Phi) is 5.35. The highest BCUT2D eigenvalue weighted by atomic mass is 19.4. The number of carbonyl (C=O) groups is 1. The van der Waals surface area contributed by atoms with Crippen LogP contribution in [0.25, 0.3) is 0 Å². The molecule has 0 aliphatic heterocycles. The minimum Gasteiger partial charge on any atom is -0.496 e. The van der Waals surface area contributed by atoms with Gasteiger partial charge in [0.1, 0.15) is 12.4 Å². The molecule has 1 rings (SSSR count). The van der Waals surface area contributed by atoms with Crippen LogP contribution in [0, 0.1) is 6.92 Å². The molecule has 0 fully saturated rings. The standard InChI is InChI=1S/C13H15F3O3/c1-9-7-10(3-4-12(9)18-2)11(17)5-6-19-8-13(14,15)16/h3-4,7H,5-6,8H2,1-2H3. The van der Waals surface area contributed by atoms with Gasteiger partial charge >= 0.3 is 6.18 Å². The number of methoxy groups -OCH3 is 1. The van der Waals surface area contributed by atoms with E-state index in [-0.39, 0.29) is 18.8 Å². The molecule has 106 valence electrons. The van der Waals surface area contributed by atoms with Gasteiger partial charge in [0.25, 0.3) is 0 Å². The molecule has 0 heterocycles. The Morgan fingerprint density at radius 1 is 1.32 bits per heavy atom. The molecule has 19 heavy (non-hydrogen) atoms. The van der Waals surface area contributed by atoms with Crippen LogP contribution in [-0.2, 0) is 4.74 Å². The summed E-state index contributed by atoms with van der Waals surface area (Å²) in [6.45, 7) is 0.209. The van der Waals surface area contributed by atoms with Gasteiger partial charge < -0.3 is 9.47 Å².